The van der Waals surface area contributed by atoms with Crippen LogP contribution in [0.1, 0.15) is 48.9 Å². The molecule has 1 aromatic carbocycles. The van der Waals surface area contributed by atoms with Gasteiger partial charge in [0.15, 0.2) is 0 Å². The van der Waals surface area contributed by atoms with Gasteiger partial charge in [0, 0.05) is 32.0 Å². The number of hydrogen-bond acceptors (Lipinski definition) is 3. The average Bonchev–Trinajstić information content (AvgIpc) is 3.22. The average molecular weight is 392 g/mol. The summed E-state index contributed by atoms with van der Waals surface area (Å²) in [6.07, 6.45) is 6.40. The first-order chi connectivity index (χ1) is 12.8. The largest absolute Gasteiger partial charge is 0.346 e. The van der Waals surface area contributed by atoms with E-state index in [-0.39, 0.29) is 11.8 Å². The molecule has 0 heterocycles. The quantitative estimate of drug-likeness (QED) is 0.782. The Balaban J connectivity index is 1.60. The second-order valence-electron chi connectivity index (χ2n) is 7.81. The highest BCUT2D eigenvalue weighted by Crippen LogP contribution is 2.38. The molecule has 7 heteroatoms. The van der Waals surface area contributed by atoms with E-state index in [2.05, 4.69) is 16.1 Å². The lowest BCUT2D eigenvalue weighted by molar-refractivity contribution is -0.127. The summed E-state index contributed by atoms with van der Waals surface area (Å²) in [5.74, 6) is 0.325. The first-order valence-corrected chi connectivity index (χ1v) is 11.0. The Morgan fingerprint density at radius 2 is 1.74 bits per heavy atom. The van der Waals surface area contributed by atoms with Gasteiger partial charge in [-0.1, -0.05) is 13.0 Å². The molecule has 148 valence electrons. The molecule has 0 fully saturated rings. The van der Waals surface area contributed by atoms with E-state index in [4.69, 9.17) is 0 Å². The summed E-state index contributed by atoms with van der Waals surface area (Å²) >= 11 is 0. The van der Waals surface area contributed by atoms with Crippen molar-refractivity contribution in [3.63, 3.8) is 0 Å². The summed E-state index contributed by atoms with van der Waals surface area (Å²) in [6, 6.07) is 1.91. The fourth-order valence-corrected chi connectivity index (χ4v) is 5.12. The number of urea groups is 1. The van der Waals surface area contributed by atoms with E-state index in [0.717, 1.165) is 44.2 Å². The van der Waals surface area contributed by atoms with E-state index < -0.39 is 17.0 Å². The molecule has 0 saturated heterocycles. The fourth-order valence-electron chi connectivity index (χ4n) is 4.16. The Morgan fingerprint density at radius 3 is 2.30 bits per heavy atom. The fraction of sp³-hybridized carbons (Fsp3) is 0.600. The Bertz CT molecular complexity index is 746. The minimum absolute atomic E-state index is 0.0230. The second-order valence-corrected chi connectivity index (χ2v) is 9.04. The molecule has 0 bridgehead atoms. The summed E-state index contributed by atoms with van der Waals surface area (Å²) in [4.78, 5) is 25.4. The Labute approximate surface area is 163 Å². The van der Waals surface area contributed by atoms with Gasteiger partial charge in [-0.3, -0.25) is 9.52 Å². The number of nitrogens with one attached hydrogen (secondary N) is 2. The smallest absolute Gasteiger partial charge is 0.331 e. The van der Waals surface area contributed by atoms with Gasteiger partial charge in [0.1, 0.15) is 11.0 Å². The first kappa shape index (κ1) is 19.9. The van der Waals surface area contributed by atoms with Crippen LogP contribution >= 0.6 is 0 Å². The summed E-state index contributed by atoms with van der Waals surface area (Å²) in [6.45, 7) is 3.95. The van der Waals surface area contributed by atoms with E-state index in [9.17, 15) is 13.8 Å². The normalized spacial score (nSPS) is 17.0. The number of carbonyl (C=O) groups excluding carboxylic acids is 2. The SMILES string of the molecule is CC(=O)N(C)CC(C)CS(=O)NC(=O)Nc1c2c(cc3c1CCC3)CCC2. The van der Waals surface area contributed by atoms with Crippen LogP contribution in [0.3, 0.4) is 0 Å². The monoisotopic (exact) mass is 391 g/mol. The molecule has 1 aromatic rings. The van der Waals surface area contributed by atoms with E-state index in [1.807, 2.05) is 6.92 Å². The van der Waals surface area contributed by atoms with Crippen molar-refractivity contribution in [3.05, 3.63) is 28.3 Å². The third kappa shape index (κ3) is 4.69. The second kappa shape index (κ2) is 8.42. The van der Waals surface area contributed by atoms with Gasteiger partial charge in [0.05, 0.1) is 0 Å². The molecule has 3 amide bonds. The van der Waals surface area contributed by atoms with Gasteiger partial charge in [-0.25, -0.2) is 9.00 Å². The third-order valence-electron chi connectivity index (χ3n) is 5.48. The van der Waals surface area contributed by atoms with E-state index in [1.54, 1.807) is 11.9 Å². The zero-order valence-corrected chi connectivity index (χ0v) is 17.2. The maximum atomic E-state index is 12.5. The maximum absolute atomic E-state index is 12.5. The highest BCUT2D eigenvalue weighted by atomic mass is 32.2. The zero-order chi connectivity index (χ0) is 19.6. The third-order valence-corrected chi connectivity index (χ3v) is 6.76. The van der Waals surface area contributed by atoms with Gasteiger partial charge in [0.25, 0.3) is 0 Å². The molecule has 6 nitrogen and oxygen atoms in total. The molecule has 0 saturated carbocycles. The first-order valence-electron chi connectivity index (χ1n) is 9.69. The van der Waals surface area contributed by atoms with Crippen LogP contribution in [-0.4, -0.2) is 40.4 Å². The molecule has 2 aliphatic rings. The summed E-state index contributed by atoms with van der Waals surface area (Å²) in [5.41, 5.74) is 6.18. The molecule has 2 atom stereocenters. The molecule has 2 N–H and O–H groups in total. The minimum Gasteiger partial charge on any atom is -0.346 e. The van der Waals surface area contributed by atoms with Gasteiger partial charge >= 0.3 is 6.03 Å². The summed E-state index contributed by atoms with van der Waals surface area (Å²) < 4.78 is 14.9. The van der Waals surface area contributed by atoms with E-state index >= 15 is 0 Å². The number of hydrogen-bond donors (Lipinski definition) is 2. The zero-order valence-electron chi connectivity index (χ0n) is 16.4. The van der Waals surface area contributed by atoms with Gasteiger partial charge in [-0.05, 0) is 66.7 Å². The standard InChI is InChI=1S/C20H29N3O3S/c1-13(11-23(3)14(2)24)12-27(26)22-20(25)21-19-17-8-4-6-15(17)10-16-7-5-9-18(16)19/h10,13H,4-9,11-12H2,1-3H3,(H2,21,22,25). The molecule has 0 aromatic heterocycles. The van der Waals surface area contributed by atoms with Crippen molar-refractivity contribution >= 4 is 28.6 Å². The van der Waals surface area contributed by atoms with Crippen molar-refractivity contribution in [2.75, 3.05) is 24.7 Å². The van der Waals surface area contributed by atoms with Crippen LogP contribution in [0.25, 0.3) is 0 Å². The predicted molar refractivity (Wildman–Crippen MR) is 108 cm³/mol. The number of fused-ring (bicyclic) bond motifs is 2. The van der Waals surface area contributed by atoms with Crippen LogP contribution in [0.5, 0.6) is 0 Å². The predicted octanol–water partition coefficient (Wildman–Crippen LogP) is 2.56. The Morgan fingerprint density at radius 1 is 1.15 bits per heavy atom. The van der Waals surface area contributed by atoms with Crippen LogP contribution < -0.4 is 10.0 Å². The maximum Gasteiger partial charge on any atom is 0.331 e. The van der Waals surface area contributed by atoms with Crippen LogP contribution in [0, 0.1) is 5.92 Å². The molecular formula is C20H29N3O3S. The molecule has 0 radical (unpaired) electrons. The van der Waals surface area contributed by atoms with Crippen molar-refractivity contribution in [2.24, 2.45) is 5.92 Å². The van der Waals surface area contributed by atoms with Crippen LogP contribution in [0.4, 0.5) is 10.5 Å². The van der Waals surface area contributed by atoms with Crippen molar-refractivity contribution in [2.45, 2.75) is 52.4 Å². The van der Waals surface area contributed by atoms with Gasteiger partial charge in [-0.2, -0.15) is 0 Å². The number of carbonyl (C=O) groups is 2. The highest BCUT2D eigenvalue weighted by molar-refractivity contribution is 7.83. The lowest BCUT2D eigenvalue weighted by Crippen LogP contribution is -2.36. The van der Waals surface area contributed by atoms with E-state index in [0.29, 0.717) is 12.3 Å². The number of amides is 3. The molecule has 0 aliphatic heterocycles. The number of rotatable bonds is 6. The highest BCUT2D eigenvalue weighted by Gasteiger charge is 2.25. The van der Waals surface area contributed by atoms with Crippen LogP contribution in [0.15, 0.2) is 6.07 Å². The topological polar surface area (TPSA) is 78.5 Å². The van der Waals surface area contributed by atoms with Gasteiger partial charge in [0.2, 0.25) is 5.91 Å². The molecule has 3 rings (SSSR count). The molecular weight excluding hydrogens is 362 g/mol. The molecule has 2 aliphatic carbocycles. The lowest BCUT2D eigenvalue weighted by atomic mass is 9.99. The van der Waals surface area contributed by atoms with Crippen LogP contribution in [0.2, 0.25) is 0 Å². The number of nitrogens with zero attached hydrogens (tertiary/aromatic N) is 1. The minimum atomic E-state index is -1.48. The summed E-state index contributed by atoms with van der Waals surface area (Å²) in [7, 11) is 0.241. The Hall–Kier alpha value is -1.89. The molecule has 0 spiro atoms. The lowest BCUT2D eigenvalue weighted by Gasteiger charge is -2.20. The van der Waals surface area contributed by atoms with Crippen LogP contribution in [-0.2, 0) is 41.5 Å². The summed E-state index contributed by atoms with van der Waals surface area (Å²) in [5, 5.41) is 3.00. The number of benzene rings is 1. The Kier molecular flexibility index (Phi) is 6.19. The van der Waals surface area contributed by atoms with Crippen molar-refractivity contribution in [3.8, 4) is 0 Å². The van der Waals surface area contributed by atoms with Crippen molar-refractivity contribution in [1.29, 1.82) is 0 Å². The van der Waals surface area contributed by atoms with Gasteiger partial charge in [-0.15, -0.1) is 0 Å². The van der Waals surface area contributed by atoms with Crippen molar-refractivity contribution in [1.82, 2.24) is 9.62 Å². The van der Waals surface area contributed by atoms with Gasteiger partial charge < -0.3 is 10.2 Å². The number of aryl methyl sites for hydroxylation is 2. The van der Waals surface area contributed by atoms with Crippen molar-refractivity contribution < 1.29 is 13.8 Å². The molecule has 2 unspecified atom stereocenters. The molecule has 27 heavy (non-hydrogen) atoms. The van der Waals surface area contributed by atoms with E-state index in [1.165, 1.54) is 29.2 Å². The number of anilines is 1.